The highest BCUT2D eigenvalue weighted by atomic mass is 32.2. The third-order valence-electron chi connectivity index (χ3n) is 4.21. The zero-order valence-corrected chi connectivity index (χ0v) is 17.4. The number of carbonyl (C=O) groups is 1. The normalized spacial score (nSPS) is 11.6. The van der Waals surface area contributed by atoms with Crippen LogP contribution in [0, 0.1) is 11.7 Å². The van der Waals surface area contributed by atoms with Crippen LogP contribution < -0.4 is 10.9 Å². The molecule has 0 saturated carbocycles. The number of halogens is 1. The number of hydrogen-bond donors (Lipinski definition) is 1. The van der Waals surface area contributed by atoms with Crippen LogP contribution in [0.2, 0.25) is 0 Å². The molecule has 10 heteroatoms. The summed E-state index contributed by atoms with van der Waals surface area (Å²) in [4.78, 5) is 25.1. The third kappa shape index (κ3) is 3.77. The molecule has 0 saturated heterocycles. The monoisotopic (exact) mass is 431 g/mol. The van der Waals surface area contributed by atoms with Crippen molar-refractivity contribution in [1.82, 2.24) is 19.2 Å². The fourth-order valence-corrected chi connectivity index (χ4v) is 4.57. The minimum absolute atomic E-state index is 0.0318. The summed E-state index contributed by atoms with van der Waals surface area (Å²) < 4.78 is 17.8. The molecule has 7 nitrogen and oxygen atoms in total. The summed E-state index contributed by atoms with van der Waals surface area (Å²) in [5.41, 5.74) is 0.768. The highest BCUT2D eigenvalue weighted by Crippen LogP contribution is 2.25. The Hall–Kier alpha value is -2.72. The maximum Gasteiger partial charge on any atom is 0.272 e. The summed E-state index contributed by atoms with van der Waals surface area (Å²) in [6.07, 6.45) is 0. The molecular weight excluding hydrogens is 413 g/mol. The molecule has 29 heavy (non-hydrogen) atoms. The molecule has 0 aliphatic rings. The van der Waals surface area contributed by atoms with Crippen LogP contribution in [0.5, 0.6) is 0 Å². The first-order valence-corrected chi connectivity index (χ1v) is 10.8. The minimum atomic E-state index is -0.489. The van der Waals surface area contributed by atoms with Crippen LogP contribution >= 0.6 is 23.1 Å². The summed E-state index contributed by atoms with van der Waals surface area (Å²) in [6.45, 7) is 4.58. The summed E-state index contributed by atoms with van der Waals surface area (Å²) in [5.74, 6) is -0.102. The summed E-state index contributed by atoms with van der Waals surface area (Å²) in [7, 11) is 0. The van der Waals surface area contributed by atoms with E-state index in [1.165, 1.54) is 35.2 Å². The van der Waals surface area contributed by atoms with Crippen molar-refractivity contribution < 1.29 is 9.18 Å². The van der Waals surface area contributed by atoms with Gasteiger partial charge in [0.05, 0.1) is 17.0 Å². The number of rotatable bonds is 6. The zero-order valence-electron chi connectivity index (χ0n) is 15.8. The van der Waals surface area contributed by atoms with Gasteiger partial charge in [0, 0.05) is 6.54 Å². The molecule has 1 N–H and O–H groups in total. The van der Waals surface area contributed by atoms with Gasteiger partial charge in [-0.25, -0.2) is 4.39 Å². The summed E-state index contributed by atoms with van der Waals surface area (Å²) in [5, 5.41) is 13.3. The summed E-state index contributed by atoms with van der Waals surface area (Å²) >= 11 is 2.56. The van der Waals surface area contributed by atoms with E-state index < -0.39 is 5.82 Å². The zero-order chi connectivity index (χ0) is 20.5. The predicted octanol–water partition coefficient (Wildman–Crippen LogP) is 3.63. The lowest BCUT2D eigenvalue weighted by Crippen LogP contribution is -2.24. The molecule has 0 aliphatic heterocycles. The Bertz CT molecular complexity index is 1260. The van der Waals surface area contributed by atoms with Gasteiger partial charge in [0.2, 0.25) is 11.7 Å². The first kappa shape index (κ1) is 19.6. The molecule has 0 radical (unpaired) electrons. The second-order valence-corrected chi connectivity index (χ2v) is 8.74. The predicted molar refractivity (Wildman–Crippen MR) is 113 cm³/mol. The Morgan fingerprint density at radius 2 is 2.07 bits per heavy atom. The molecule has 0 bridgehead atoms. The van der Waals surface area contributed by atoms with E-state index in [9.17, 15) is 14.0 Å². The molecule has 0 fully saturated rings. The van der Waals surface area contributed by atoms with Crippen LogP contribution in [-0.2, 0) is 11.3 Å². The minimum Gasteiger partial charge on any atom is -0.323 e. The molecule has 0 spiro atoms. The average molecular weight is 432 g/mol. The average Bonchev–Trinajstić information content (AvgIpc) is 3.32. The standard InChI is InChI=1S/C19H18FN5O2S2/c1-11(2)9-24-17(27)16-14(7-8-28-16)25-18(24)22-23-19(25)29-10-15(26)21-13-6-4-3-5-12(13)20/h3-8,11H,9-10H2,1-2H3,(H,21,26). The van der Waals surface area contributed by atoms with E-state index in [2.05, 4.69) is 15.5 Å². The van der Waals surface area contributed by atoms with E-state index in [0.717, 1.165) is 5.52 Å². The van der Waals surface area contributed by atoms with E-state index in [4.69, 9.17) is 0 Å². The Labute approximate surface area is 173 Å². The number of fused-ring (bicyclic) bond motifs is 3. The number of benzene rings is 1. The van der Waals surface area contributed by atoms with Crippen molar-refractivity contribution in [2.24, 2.45) is 5.92 Å². The molecule has 4 aromatic rings. The molecule has 0 aliphatic carbocycles. The maximum atomic E-state index is 13.7. The lowest BCUT2D eigenvalue weighted by molar-refractivity contribution is -0.113. The first-order valence-electron chi connectivity index (χ1n) is 8.98. The topological polar surface area (TPSA) is 81.3 Å². The first-order chi connectivity index (χ1) is 14.0. The number of nitrogens with zero attached hydrogens (tertiary/aromatic N) is 4. The summed E-state index contributed by atoms with van der Waals surface area (Å²) in [6, 6.07) is 7.85. The van der Waals surface area contributed by atoms with Crippen molar-refractivity contribution in [3.05, 3.63) is 51.9 Å². The molecule has 4 rings (SSSR count). The fourth-order valence-electron chi connectivity index (χ4n) is 3.00. The number of amides is 1. The third-order valence-corrected chi connectivity index (χ3v) is 6.03. The Morgan fingerprint density at radius 3 is 2.83 bits per heavy atom. The van der Waals surface area contributed by atoms with Gasteiger partial charge in [0.15, 0.2) is 5.16 Å². The van der Waals surface area contributed by atoms with Gasteiger partial charge in [0.1, 0.15) is 10.5 Å². The number of thiophene rings is 1. The number of carbonyl (C=O) groups excluding carboxylic acids is 1. The van der Waals surface area contributed by atoms with Crippen LogP contribution in [0.4, 0.5) is 10.1 Å². The van der Waals surface area contributed by atoms with Crippen molar-refractivity contribution in [2.75, 3.05) is 11.1 Å². The Kier molecular flexibility index (Phi) is 5.37. The number of aromatic nitrogens is 4. The van der Waals surface area contributed by atoms with Gasteiger partial charge in [-0.15, -0.1) is 21.5 Å². The van der Waals surface area contributed by atoms with Crippen molar-refractivity contribution in [3.63, 3.8) is 0 Å². The lowest BCUT2D eigenvalue weighted by Gasteiger charge is -2.11. The van der Waals surface area contributed by atoms with Crippen LogP contribution in [0.15, 0.2) is 45.7 Å². The quantitative estimate of drug-likeness (QED) is 0.472. The van der Waals surface area contributed by atoms with E-state index in [1.807, 2.05) is 25.3 Å². The number of anilines is 1. The van der Waals surface area contributed by atoms with Gasteiger partial charge in [-0.3, -0.25) is 18.6 Å². The van der Waals surface area contributed by atoms with Crippen molar-refractivity contribution >= 4 is 50.7 Å². The Morgan fingerprint density at radius 1 is 1.28 bits per heavy atom. The molecule has 0 unspecified atom stereocenters. The molecular formula is C19H18FN5O2S2. The van der Waals surface area contributed by atoms with Gasteiger partial charge >= 0.3 is 0 Å². The van der Waals surface area contributed by atoms with Crippen LogP contribution in [-0.4, -0.2) is 30.8 Å². The van der Waals surface area contributed by atoms with E-state index >= 15 is 0 Å². The SMILES string of the molecule is CC(C)Cn1c(=O)c2sccc2n2c(SCC(=O)Nc3ccccc3F)nnc12. The van der Waals surface area contributed by atoms with Crippen molar-refractivity contribution in [1.29, 1.82) is 0 Å². The van der Waals surface area contributed by atoms with Gasteiger partial charge in [-0.05, 0) is 29.5 Å². The second kappa shape index (κ2) is 7.96. The smallest absolute Gasteiger partial charge is 0.272 e. The largest absolute Gasteiger partial charge is 0.323 e. The van der Waals surface area contributed by atoms with Crippen molar-refractivity contribution in [3.8, 4) is 0 Å². The van der Waals surface area contributed by atoms with Gasteiger partial charge < -0.3 is 5.32 Å². The molecule has 150 valence electrons. The van der Waals surface area contributed by atoms with Crippen LogP contribution in [0.25, 0.3) is 16.0 Å². The highest BCUT2D eigenvalue weighted by Gasteiger charge is 2.19. The van der Waals surface area contributed by atoms with Gasteiger partial charge in [-0.1, -0.05) is 37.7 Å². The van der Waals surface area contributed by atoms with E-state index in [-0.39, 0.29) is 28.8 Å². The molecule has 3 aromatic heterocycles. The number of hydrogen-bond acceptors (Lipinski definition) is 6. The fraction of sp³-hybridized carbons (Fsp3) is 0.263. The van der Waals surface area contributed by atoms with Gasteiger partial charge in [-0.2, -0.15) is 0 Å². The number of thioether (sulfide) groups is 1. The van der Waals surface area contributed by atoms with Crippen molar-refractivity contribution in [2.45, 2.75) is 25.5 Å². The number of nitrogens with one attached hydrogen (secondary N) is 1. The van der Waals surface area contributed by atoms with Crippen LogP contribution in [0.3, 0.4) is 0 Å². The highest BCUT2D eigenvalue weighted by molar-refractivity contribution is 7.99. The molecule has 0 atom stereocenters. The van der Waals surface area contributed by atoms with Crippen LogP contribution in [0.1, 0.15) is 13.8 Å². The molecule has 1 aromatic carbocycles. The van der Waals surface area contributed by atoms with E-state index in [1.54, 1.807) is 21.1 Å². The Balaban J connectivity index is 1.65. The lowest BCUT2D eigenvalue weighted by atomic mass is 10.2. The molecule has 3 heterocycles. The molecule has 1 amide bonds. The maximum absolute atomic E-state index is 13.7. The second-order valence-electron chi connectivity index (χ2n) is 6.88. The van der Waals surface area contributed by atoms with Gasteiger partial charge in [0.25, 0.3) is 5.56 Å². The van der Waals surface area contributed by atoms with E-state index in [0.29, 0.717) is 22.2 Å². The number of para-hydroxylation sites is 1.